The molecule has 27 heavy (non-hydrogen) atoms. The van der Waals surface area contributed by atoms with Crippen molar-refractivity contribution in [2.45, 2.75) is 0 Å². The number of hydrazone groups is 1. The first-order valence-corrected chi connectivity index (χ1v) is 8.69. The number of hydrogen-bond acceptors (Lipinski definition) is 7. The Balaban J connectivity index is 1.51. The van der Waals surface area contributed by atoms with Gasteiger partial charge < -0.3 is 19.0 Å². The monoisotopic (exact) mass is 389 g/mol. The number of hydrogen-bond donors (Lipinski definition) is 1. The number of ether oxygens (including phenoxy) is 1. The number of nitrogens with zero attached hydrogens (tertiary/aromatic N) is 4. The predicted octanol–water partition coefficient (Wildman–Crippen LogP) is 2.23. The normalized spacial score (nSPS) is 14.4. The van der Waals surface area contributed by atoms with Crippen molar-refractivity contribution in [1.29, 1.82) is 0 Å². The van der Waals surface area contributed by atoms with Crippen molar-refractivity contribution in [2.24, 2.45) is 5.10 Å². The number of rotatable bonds is 5. The molecule has 1 saturated heterocycles. The first-order valence-electron chi connectivity index (χ1n) is 8.28. The molecule has 0 saturated carbocycles. The molecule has 3 rings (SSSR count). The average Bonchev–Trinajstić information content (AvgIpc) is 3.17. The van der Waals surface area contributed by atoms with E-state index in [0.29, 0.717) is 5.11 Å². The first-order chi connectivity index (χ1) is 13.1. The number of thiocarbonyl (C=S) groups is 1. The van der Waals surface area contributed by atoms with Crippen molar-refractivity contribution in [3.8, 4) is 5.75 Å². The van der Waals surface area contributed by atoms with Gasteiger partial charge in [-0.05, 0) is 30.4 Å². The van der Waals surface area contributed by atoms with E-state index in [0.717, 1.165) is 37.6 Å². The Morgan fingerprint density at radius 3 is 2.70 bits per heavy atom. The van der Waals surface area contributed by atoms with Crippen LogP contribution >= 0.6 is 12.2 Å². The molecule has 1 N–H and O–H groups in total. The molecule has 2 aromatic rings. The van der Waals surface area contributed by atoms with Crippen LogP contribution in [0, 0.1) is 10.1 Å². The van der Waals surface area contributed by atoms with Crippen LogP contribution in [0.2, 0.25) is 0 Å². The van der Waals surface area contributed by atoms with E-state index in [-0.39, 0.29) is 11.6 Å². The highest BCUT2D eigenvalue weighted by Crippen LogP contribution is 2.28. The number of para-hydroxylation sites is 2. The maximum Gasteiger partial charge on any atom is 0.433 e. The Kier molecular flexibility index (Phi) is 5.87. The molecule has 1 aliphatic heterocycles. The molecule has 9 nitrogen and oxygen atoms in total. The minimum absolute atomic E-state index is 0.276. The molecule has 0 amide bonds. The molecular formula is C17H19N5O4S. The molecule has 2 heterocycles. The van der Waals surface area contributed by atoms with Crippen molar-refractivity contribution in [3.63, 3.8) is 0 Å². The Labute approximate surface area is 161 Å². The molecule has 142 valence electrons. The molecule has 1 aromatic carbocycles. The zero-order valence-corrected chi connectivity index (χ0v) is 15.5. The van der Waals surface area contributed by atoms with E-state index in [2.05, 4.69) is 15.4 Å². The number of nitro groups is 1. The van der Waals surface area contributed by atoms with Gasteiger partial charge in [0, 0.05) is 26.2 Å². The second-order valence-corrected chi connectivity index (χ2v) is 6.14. The second kappa shape index (κ2) is 8.49. The summed E-state index contributed by atoms with van der Waals surface area (Å²) in [5, 5.41) is 15.1. The molecular weight excluding hydrogens is 370 g/mol. The smallest absolute Gasteiger partial charge is 0.433 e. The van der Waals surface area contributed by atoms with Crippen molar-refractivity contribution in [1.82, 2.24) is 10.3 Å². The van der Waals surface area contributed by atoms with Gasteiger partial charge in [-0.3, -0.25) is 15.5 Å². The third kappa shape index (κ3) is 4.53. The lowest BCUT2D eigenvalue weighted by Gasteiger charge is -2.37. The summed E-state index contributed by atoms with van der Waals surface area (Å²) in [6, 6.07) is 10.7. The van der Waals surface area contributed by atoms with Crippen LogP contribution in [0.3, 0.4) is 0 Å². The van der Waals surface area contributed by atoms with Crippen LogP contribution < -0.4 is 15.1 Å². The summed E-state index contributed by atoms with van der Waals surface area (Å²) in [5.74, 6) is 0.799. The lowest BCUT2D eigenvalue weighted by molar-refractivity contribution is -0.402. The summed E-state index contributed by atoms with van der Waals surface area (Å²) < 4.78 is 10.4. The number of anilines is 1. The molecule has 0 spiro atoms. The third-order valence-corrected chi connectivity index (χ3v) is 4.49. The lowest BCUT2D eigenvalue weighted by atomic mass is 10.2. The van der Waals surface area contributed by atoms with Gasteiger partial charge in [0.1, 0.15) is 10.7 Å². The van der Waals surface area contributed by atoms with Gasteiger partial charge in [0.2, 0.25) is 0 Å². The molecule has 0 unspecified atom stereocenters. The van der Waals surface area contributed by atoms with Crippen LogP contribution in [0.5, 0.6) is 5.75 Å². The molecule has 0 atom stereocenters. The second-order valence-electron chi connectivity index (χ2n) is 5.75. The van der Waals surface area contributed by atoms with Crippen LogP contribution in [0.4, 0.5) is 11.6 Å². The Morgan fingerprint density at radius 2 is 2.04 bits per heavy atom. The molecule has 10 heteroatoms. The summed E-state index contributed by atoms with van der Waals surface area (Å²) in [6.45, 7) is 3.09. The predicted molar refractivity (Wildman–Crippen MR) is 105 cm³/mol. The van der Waals surface area contributed by atoms with Gasteiger partial charge in [0.15, 0.2) is 10.9 Å². The molecule has 0 bridgehead atoms. The first kappa shape index (κ1) is 18.6. The molecule has 0 radical (unpaired) electrons. The summed E-state index contributed by atoms with van der Waals surface area (Å²) in [5.41, 5.74) is 3.84. The summed E-state index contributed by atoms with van der Waals surface area (Å²) in [7, 11) is 1.67. The topological polar surface area (TPSA) is 96.4 Å². The third-order valence-electron chi connectivity index (χ3n) is 4.14. The van der Waals surface area contributed by atoms with Crippen LogP contribution in [0.15, 0.2) is 45.9 Å². The Bertz CT molecular complexity index is 845. The van der Waals surface area contributed by atoms with Gasteiger partial charge in [-0.2, -0.15) is 5.10 Å². The van der Waals surface area contributed by atoms with Crippen molar-refractivity contribution in [2.75, 3.05) is 38.2 Å². The highest BCUT2D eigenvalue weighted by Gasteiger charge is 2.21. The van der Waals surface area contributed by atoms with E-state index in [1.54, 1.807) is 7.11 Å². The Morgan fingerprint density at radius 1 is 1.30 bits per heavy atom. The van der Waals surface area contributed by atoms with Gasteiger partial charge in [-0.25, -0.2) is 0 Å². The van der Waals surface area contributed by atoms with E-state index >= 15 is 0 Å². The van der Waals surface area contributed by atoms with E-state index in [4.69, 9.17) is 21.4 Å². The van der Waals surface area contributed by atoms with Crippen LogP contribution in [-0.2, 0) is 0 Å². The fourth-order valence-corrected chi connectivity index (χ4v) is 3.01. The van der Waals surface area contributed by atoms with Crippen LogP contribution in [-0.4, -0.2) is 54.4 Å². The number of piperazine rings is 1. The van der Waals surface area contributed by atoms with Crippen molar-refractivity contribution < 1.29 is 14.1 Å². The fourth-order valence-electron chi connectivity index (χ4n) is 2.77. The number of benzene rings is 1. The minimum atomic E-state index is -0.601. The highest BCUT2D eigenvalue weighted by molar-refractivity contribution is 7.80. The zero-order chi connectivity index (χ0) is 19.2. The average molecular weight is 389 g/mol. The largest absolute Gasteiger partial charge is 0.495 e. The van der Waals surface area contributed by atoms with Crippen LogP contribution in [0.1, 0.15) is 5.76 Å². The Hall–Kier alpha value is -3.14. The van der Waals surface area contributed by atoms with E-state index in [1.165, 1.54) is 18.3 Å². The SMILES string of the molecule is COc1ccccc1N1CCN(C(=S)N/N=C/c2ccc([N+](=O)[O-])o2)CC1. The number of furan rings is 1. The van der Waals surface area contributed by atoms with E-state index < -0.39 is 4.92 Å². The molecule has 1 aromatic heterocycles. The summed E-state index contributed by atoms with van der Waals surface area (Å²) in [4.78, 5) is 14.3. The maximum absolute atomic E-state index is 10.6. The van der Waals surface area contributed by atoms with Gasteiger partial charge in [-0.1, -0.05) is 12.1 Å². The standard InChI is InChI=1S/C17H19N5O4S/c1-25-15-5-3-2-4-14(15)20-8-10-21(11-9-20)17(27)19-18-12-13-6-7-16(26-13)22(23)24/h2-7,12H,8-11H2,1H3,(H,19,27)/b18-12+. The summed E-state index contributed by atoms with van der Waals surface area (Å²) in [6.07, 6.45) is 1.35. The molecule has 0 aliphatic carbocycles. The van der Waals surface area contributed by atoms with E-state index in [9.17, 15) is 10.1 Å². The van der Waals surface area contributed by atoms with Gasteiger partial charge >= 0.3 is 5.88 Å². The number of methoxy groups -OCH3 is 1. The summed E-state index contributed by atoms with van der Waals surface area (Å²) >= 11 is 5.36. The maximum atomic E-state index is 10.6. The van der Waals surface area contributed by atoms with Gasteiger partial charge in [0.25, 0.3) is 0 Å². The quantitative estimate of drug-likeness (QED) is 0.360. The number of nitrogens with one attached hydrogen (secondary N) is 1. The molecule has 1 fully saturated rings. The molecule has 1 aliphatic rings. The highest BCUT2D eigenvalue weighted by atomic mass is 32.1. The van der Waals surface area contributed by atoms with Gasteiger partial charge in [-0.15, -0.1) is 0 Å². The van der Waals surface area contributed by atoms with Crippen molar-refractivity contribution >= 4 is 35.1 Å². The van der Waals surface area contributed by atoms with Gasteiger partial charge in [0.05, 0.1) is 25.1 Å². The lowest BCUT2D eigenvalue weighted by Crippen LogP contribution is -2.51. The fraction of sp³-hybridized carbons (Fsp3) is 0.294. The van der Waals surface area contributed by atoms with Crippen molar-refractivity contribution in [3.05, 3.63) is 52.3 Å². The van der Waals surface area contributed by atoms with Crippen LogP contribution in [0.25, 0.3) is 0 Å². The van der Waals surface area contributed by atoms with E-state index in [1.807, 2.05) is 29.2 Å². The minimum Gasteiger partial charge on any atom is -0.495 e. The zero-order valence-electron chi connectivity index (χ0n) is 14.7.